The lowest BCUT2D eigenvalue weighted by Gasteiger charge is -2.01. The van der Waals surface area contributed by atoms with E-state index in [2.05, 4.69) is 28.6 Å². The molecule has 0 radical (unpaired) electrons. The topological polar surface area (TPSA) is 26.3 Å². The maximum absolute atomic E-state index is 10.4. The lowest BCUT2D eigenvalue weighted by atomic mass is 10.1. The molecule has 0 aromatic carbocycles. The standard InChI is InChI=1S/C11H17BrO2/c1-10(6-3-4-8-12)7-5-9-14-11(2)13/h3,6H,1,4-5,7-9H2,2H3/b6-3+. The van der Waals surface area contributed by atoms with Crippen LogP contribution >= 0.6 is 15.9 Å². The van der Waals surface area contributed by atoms with Gasteiger partial charge < -0.3 is 4.74 Å². The first-order valence-corrected chi connectivity index (χ1v) is 5.82. The van der Waals surface area contributed by atoms with Gasteiger partial charge in [-0.25, -0.2) is 0 Å². The fourth-order valence-electron chi connectivity index (χ4n) is 0.911. The van der Waals surface area contributed by atoms with Gasteiger partial charge in [-0.1, -0.05) is 40.2 Å². The number of allylic oxidation sites excluding steroid dienone is 3. The molecule has 0 rings (SSSR count). The highest BCUT2D eigenvalue weighted by atomic mass is 79.9. The molecule has 0 saturated heterocycles. The zero-order valence-electron chi connectivity index (χ0n) is 8.59. The minimum Gasteiger partial charge on any atom is -0.466 e. The van der Waals surface area contributed by atoms with Crippen LogP contribution in [0.4, 0.5) is 0 Å². The molecule has 0 N–H and O–H groups in total. The van der Waals surface area contributed by atoms with Crippen LogP contribution in [0.1, 0.15) is 26.2 Å². The van der Waals surface area contributed by atoms with Gasteiger partial charge in [0.1, 0.15) is 0 Å². The highest BCUT2D eigenvalue weighted by Crippen LogP contribution is 2.05. The fourth-order valence-corrected chi connectivity index (χ4v) is 1.18. The summed E-state index contributed by atoms with van der Waals surface area (Å²) in [4.78, 5) is 10.4. The molecule has 0 heterocycles. The molecule has 0 unspecified atom stereocenters. The second kappa shape index (κ2) is 9.00. The predicted molar refractivity (Wildman–Crippen MR) is 62.6 cm³/mol. The molecule has 0 aliphatic rings. The average molecular weight is 261 g/mol. The first-order chi connectivity index (χ1) is 6.66. The van der Waals surface area contributed by atoms with Crippen LogP contribution in [-0.2, 0) is 9.53 Å². The average Bonchev–Trinajstić information content (AvgIpc) is 2.13. The monoisotopic (exact) mass is 260 g/mol. The molecule has 80 valence electrons. The first-order valence-electron chi connectivity index (χ1n) is 4.70. The molecular weight excluding hydrogens is 244 g/mol. The van der Waals surface area contributed by atoms with Gasteiger partial charge >= 0.3 is 5.97 Å². The Balaban J connectivity index is 3.40. The Hall–Kier alpha value is -0.570. The molecule has 0 fully saturated rings. The maximum Gasteiger partial charge on any atom is 0.302 e. The van der Waals surface area contributed by atoms with E-state index in [0.717, 1.165) is 30.2 Å². The zero-order valence-corrected chi connectivity index (χ0v) is 10.2. The van der Waals surface area contributed by atoms with E-state index in [4.69, 9.17) is 4.74 Å². The van der Waals surface area contributed by atoms with Crippen molar-refractivity contribution in [2.24, 2.45) is 0 Å². The van der Waals surface area contributed by atoms with Crippen molar-refractivity contribution in [3.63, 3.8) is 0 Å². The summed E-state index contributed by atoms with van der Waals surface area (Å²) in [5.41, 5.74) is 1.08. The Labute approximate surface area is 94.2 Å². The smallest absolute Gasteiger partial charge is 0.302 e. The molecule has 14 heavy (non-hydrogen) atoms. The molecule has 0 aliphatic carbocycles. The molecule has 0 spiro atoms. The van der Waals surface area contributed by atoms with Crippen molar-refractivity contribution in [3.8, 4) is 0 Å². The summed E-state index contributed by atoms with van der Waals surface area (Å²) >= 11 is 3.34. The van der Waals surface area contributed by atoms with Gasteiger partial charge in [0.15, 0.2) is 0 Å². The van der Waals surface area contributed by atoms with E-state index in [0.29, 0.717) is 6.61 Å². The Bertz CT molecular complexity index is 209. The Morgan fingerprint density at radius 1 is 1.57 bits per heavy atom. The van der Waals surface area contributed by atoms with Gasteiger partial charge in [-0.3, -0.25) is 4.79 Å². The SMILES string of the molecule is C=C(/C=C/CCBr)CCCOC(C)=O. The minimum absolute atomic E-state index is 0.217. The van der Waals surface area contributed by atoms with E-state index in [-0.39, 0.29) is 5.97 Å². The number of rotatable bonds is 7. The molecule has 0 aromatic heterocycles. The highest BCUT2D eigenvalue weighted by Gasteiger charge is 1.93. The van der Waals surface area contributed by atoms with Crippen molar-refractivity contribution in [1.29, 1.82) is 0 Å². The van der Waals surface area contributed by atoms with Crippen molar-refractivity contribution in [2.75, 3.05) is 11.9 Å². The van der Waals surface area contributed by atoms with Crippen molar-refractivity contribution in [2.45, 2.75) is 26.2 Å². The van der Waals surface area contributed by atoms with Gasteiger partial charge in [-0.2, -0.15) is 0 Å². The van der Waals surface area contributed by atoms with Gasteiger partial charge in [0.25, 0.3) is 0 Å². The molecule has 0 aliphatic heterocycles. The predicted octanol–water partition coefficient (Wildman–Crippen LogP) is 3.23. The van der Waals surface area contributed by atoms with Crippen LogP contribution in [0.5, 0.6) is 0 Å². The molecule has 3 heteroatoms. The summed E-state index contributed by atoms with van der Waals surface area (Å²) in [5, 5.41) is 0.976. The minimum atomic E-state index is -0.217. The molecule has 0 amide bonds. The van der Waals surface area contributed by atoms with Crippen molar-refractivity contribution >= 4 is 21.9 Å². The number of esters is 1. The Kier molecular flexibility index (Phi) is 8.64. The Morgan fingerprint density at radius 2 is 2.29 bits per heavy atom. The van der Waals surface area contributed by atoms with Gasteiger partial charge in [-0.05, 0) is 19.3 Å². The summed E-state index contributed by atoms with van der Waals surface area (Å²) in [6, 6.07) is 0. The van der Waals surface area contributed by atoms with E-state index in [1.54, 1.807) is 0 Å². The van der Waals surface area contributed by atoms with Crippen LogP contribution in [0, 0.1) is 0 Å². The summed E-state index contributed by atoms with van der Waals surface area (Å²) in [7, 11) is 0. The van der Waals surface area contributed by atoms with Gasteiger partial charge in [-0.15, -0.1) is 0 Å². The third-order valence-electron chi connectivity index (χ3n) is 1.58. The normalized spacial score (nSPS) is 10.4. The number of carbonyl (C=O) groups excluding carboxylic acids is 1. The van der Waals surface area contributed by atoms with Crippen molar-refractivity contribution in [3.05, 3.63) is 24.3 Å². The lowest BCUT2D eigenvalue weighted by Crippen LogP contribution is -2.00. The second-order valence-electron chi connectivity index (χ2n) is 2.98. The summed E-state index contributed by atoms with van der Waals surface area (Å²) in [6.45, 7) is 5.81. The lowest BCUT2D eigenvalue weighted by molar-refractivity contribution is -0.141. The van der Waals surface area contributed by atoms with Crippen molar-refractivity contribution in [1.82, 2.24) is 0 Å². The van der Waals surface area contributed by atoms with E-state index >= 15 is 0 Å². The van der Waals surface area contributed by atoms with Crippen molar-refractivity contribution < 1.29 is 9.53 Å². The van der Waals surface area contributed by atoms with Gasteiger partial charge in [0, 0.05) is 12.3 Å². The molecule has 0 atom stereocenters. The second-order valence-corrected chi connectivity index (χ2v) is 3.77. The van der Waals surface area contributed by atoms with E-state index < -0.39 is 0 Å². The number of ether oxygens (including phenoxy) is 1. The van der Waals surface area contributed by atoms with Crippen LogP contribution in [0.25, 0.3) is 0 Å². The largest absolute Gasteiger partial charge is 0.466 e. The molecule has 0 aromatic rings. The van der Waals surface area contributed by atoms with E-state index in [1.165, 1.54) is 6.92 Å². The van der Waals surface area contributed by atoms with Crippen LogP contribution in [0.2, 0.25) is 0 Å². The summed E-state index contributed by atoms with van der Waals surface area (Å²) < 4.78 is 4.81. The van der Waals surface area contributed by atoms with Crippen LogP contribution in [0.15, 0.2) is 24.3 Å². The zero-order chi connectivity index (χ0) is 10.8. The Morgan fingerprint density at radius 3 is 2.86 bits per heavy atom. The summed E-state index contributed by atoms with van der Waals surface area (Å²) in [5.74, 6) is -0.217. The maximum atomic E-state index is 10.4. The number of alkyl halides is 1. The van der Waals surface area contributed by atoms with Crippen LogP contribution in [-0.4, -0.2) is 17.9 Å². The number of hydrogen-bond acceptors (Lipinski definition) is 2. The first kappa shape index (κ1) is 13.4. The molecule has 2 nitrogen and oxygen atoms in total. The number of hydrogen-bond donors (Lipinski definition) is 0. The molecule has 0 saturated carbocycles. The number of halogens is 1. The van der Waals surface area contributed by atoms with E-state index in [1.807, 2.05) is 6.08 Å². The fraction of sp³-hybridized carbons (Fsp3) is 0.545. The quantitative estimate of drug-likeness (QED) is 0.304. The van der Waals surface area contributed by atoms with Crippen LogP contribution < -0.4 is 0 Å². The third-order valence-corrected chi connectivity index (χ3v) is 2.03. The molecule has 0 bridgehead atoms. The third kappa shape index (κ3) is 9.52. The van der Waals surface area contributed by atoms with Gasteiger partial charge in [0.2, 0.25) is 0 Å². The summed E-state index contributed by atoms with van der Waals surface area (Å²) in [6.07, 6.45) is 6.85. The molecular formula is C11H17BrO2. The van der Waals surface area contributed by atoms with Gasteiger partial charge in [0.05, 0.1) is 6.61 Å². The highest BCUT2D eigenvalue weighted by molar-refractivity contribution is 9.09. The number of carbonyl (C=O) groups is 1. The van der Waals surface area contributed by atoms with E-state index in [9.17, 15) is 4.79 Å². The van der Waals surface area contributed by atoms with Crippen LogP contribution in [0.3, 0.4) is 0 Å².